The van der Waals surface area contributed by atoms with Crippen LogP contribution < -0.4 is 5.32 Å². The summed E-state index contributed by atoms with van der Waals surface area (Å²) >= 11 is 5.08. The van der Waals surface area contributed by atoms with Crippen molar-refractivity contribution in [3.05, 3.63) is 40.5 Å². The maximum atomic E-state index is 4.40. The van der Waals surface area contributed by atoms with Crippen LogP contribution in [0.3, 0.4) is 0 Å². The first-order valence-corrected chi connectivity index (χ1v) is 6.75. The predicted molar refractivity (Wildman–Crippen MR) is 74.6 cm³/mol. The summed E-state index contributed by atoms with van der Waals surface area (Å²) in [5.41, 5.74) is 0.960. The summed E-state index contributed by atoms with van der Waals surface area (Å²) in [4.78, 5) is 9.82. The van der Waals surface area contributed by atoms with Crippen molar-refractivity contribution in [1.29, 1.82) is 0 Å². The van der Waals surface area contributed by atoms with E-state index in [0.29, 0.717) is 5.95 Å². The van der Waals surface area contributed by atoms with Crippen LogP contribution in [0.1, 0.15) is 5.69 Å². The van der Waals surface area contributed by atoms with Crippen molar-refractivity contribution >= 4 is 33.6 Å². The molecule has 0 fully saturated rings. The SMILES string of the molecule is CNc1nc(C)cc(Sc2cccc(Br)c2)n1. The largest absolute Gasteiger partial charge is 0.357 e. The molecule has 0 saturated heterocycles. The molecule has 0 saturated carbocycles. The minimum atomic E-state index is 0.655. The monoisotopic (exact) mass is 309 g/mol. The Kier molecular flexibility index (Phi) is 4.02. The number of aromatic nitrogens is 2. The van der Waals surface area contributed by atoms with Crippen LogP contribution in [-0.4, -0.2) is 17.0 Å². The normalized spacial score (nSPS) is 10.3. The van der Waals surface area contributed by atoms with Crippen LogP contribution in [0.2, 0.25) is 0 Å². The first-order valence-electron chi connectivity index (χ1n) is 5.14. The number of nitrogens with one attached hydrogen (secondary N) is 1. The van der Waals surface area contributed by atoms with Gasteiger partial charge in [-0.1, -0.05) is 33.8 Å². The molecule has 0 unspecified atom stereocenters. The lowest BCUT2D eigenvalue weighted by Gasteiger charge is -2.05. The zero-order valence-corrected chi connectivity index (χ0v) is 12.0. The van der Waals surface area contributed by atoms with Gasteiger partial charge in [-0.05, 0) is 31.2 Å². The molecule has 1 heterocycles. The summed E-state index contributed by atoms with van der Waals surface area (Å²) in [6.45, 7) is 1.97. The van der Waals surface area contributed by atoms with Crippen LogP contribution in [0.4, 0.5) is 5.95 Å². The Morgan fingerprint density at radius 1 is 1.24 bits per heavy atom. The zero-order chi connectivity index (χ0) is 12.3. The smallest absolute Gasteiger partial charge is 0.223 e. The summed E-state index contributed by atoms with van der Waals surface area (Å²) in [5, 5.41) is 3.90. The number of aryl methyl sites for hydroxylation is 1. The highest BCUT2D eigenvalue weighted by Gasteiger charge is 2.03. The molecule has 2 rings (SSSR count). The van der Waals surface area contributed by atoms with E-state index in [2.05, 4.69) is 43.3 Å². The van der Waals surface area contributed by atoms with Gasteiger partial charge < -0.3 is 5.32 Å². The average molecular weight is 310 g/mol. The number of rotatable bonds is 3. The average Bonchev–Trinajstić information content (AvgIpc) is 2.28. The van der Waals surface area contributed by atoms with E-state index in [4.69, 9.17) is 0 Å². The van der Waals surface area contributed by atoms with Crippen LogP contribution in [0.25, 0.3) is 0 Å². The Hall–Kier alpha value is -1.07. The second kappa shape index (κ2) is 5.51. The number of benzene rings is 1. The molecule has 2 aromatic rings. The highest BCUT2D eigenvalue weighted by Crippen LogP contribution is 2.28. The van der Waals surface area contributed by atoms with Gasteiger partial charge in [0, 0.05) is 22.1 Å². The first-order chi connectivity index (χ1) is 8.17. The maximum Gasteiger partial charge on any atom is 0.223 e. The second-order valence-electron chi connectivity index (χ2n) is 3.48. The Labute approximate surface area is 113 Å². The highest BCUT2D eigenvalue weighted by molar-refractivity contribution is 9.10. The van der Waals surface area contributed by atoms with E-state index in [0.717, 1.165) is 20.1 Å². The van der Waals surface area contributed by atoms with Crippen LogP contribution >= 0.6 is 27.7 Å². The fraction of sp³-hybridized carbons (Fsp3) is 0.167. The Morgan fingerprint density at radius 2 is 2.06 bits per heavy atom. The van der Waals surface area contributed by atoms with E-state index < -0.39 is 0 Å². The molecule has 0 spiro atoms. The topological polar surface area (TPSA) is 37.8 Å². The molecular formula is C12H12BrN3S. The molecule has 3 nitrogen and oxygen atoms in total. The van der Waals surface area contributed by atoms with E-state index in [1.807, 2.05) is 32.2 Å². The number of halogens is 1. The molecule has 1 N–H and O–H groups in total. The quantitative estimate of drug-likeness (QED) is 0.877. The summed E-state index contributed by atoms with van der Waals surface area (Å²) in [6, 6.07) is 10.1. The van der Waals surface area contributed by atoms with E-state index in [1.54, 1.807) is 11.8 Å². The summed E-state index contributed by atoms with van der Waals surface area (Å²) < 4.78 is 1.07. The van der Waals surface area contributed by atoms with Gasteiger partial charge in [0.05, 0.1) is 0 Å². The van der Waals surface area contributed by atoms with Gasteiger partial charge in [0.15, 0.2) is 0 Å². The molecule has 0 aliphatic rings. The van der Waals surface area contributed by atoms with Crippen LogP contribution in [0, 0.1) is 6.92 Å². The maximum absolute atomic E-state index is 4.40. The van der Waals surface area contributed by atoms with Gasteiger partial charge in [-0.15, -0.1) is 0 Å². The van der Waals surface area contributed by atoms with Gasteiger partial charge in [0.1, 0.15) is 5.03 Å². The molecule has 1 aromatic heterocycles. The molecule has 0 atom stereocenters. The van der Waals surface area contributed by atoms with E-state index >= 15 is 0 Å². The Bertz CT molecular complexity index is 531. The van der Waals surface area contributed by atoms with Crippen molar-refractivity contribution in [3.63, 3.8) is 0 Å². The number of nitrogens with zero attached hydrogens (tertiary/aromatic N) is 2. The summed E-state index contributed by atoms with van der Waals surface area (Å²) in [5.74, 6) is 0.655. The van der Waals surface area contributed by atoms with Crippen molar-refractivity contribution in [2.75, 3.05) is 12.4 Å². The Morgan fingerprint density at radius 3 is 2.76 bits per heavy atom. The standard InChI is InChI=1S/C12H12BrN3S/c1-8-6-11(16-12(14-2)15-8)17-10-5-3-4-9(13)7-10/h3-7H,1-2H3,(H,14,15,16). The van der Waals surface area contributed by atoms with Gasteiger partial charge in [0.25, 0.3) is 0 Å². The van der Waals surface area contributed by atoms with E-state index in [1.165, 1.54) is 0 Å². The molecular weight excluding hydrogens is 298 g/mol. The zero-order valence-electron chi connectivity index (χ0n) is 9.57. The highest BCUT2D eigenvalue weighted by atomic mass is 79.9. The Balaban J connectivity index is 2.26. The van der Waals surface area contributed by atoms with Gasteiger partial charge in [0.2, 0.25) is 5.95 Å². The van der Waals surface area contributed by atoms with Crippen LogP contribution in [-0.2, 0) is 0 Å². The molecule has 17 heavy (non-hydrogen) atoms. The van der Waals surface area contributed by atoms with E-state index in [9.17, 15) is 0 Å². The van der Waals surface area contributed by atoms with Crippen LogP contribution in [0.15, 0.2) is 44.7 Å². The molecule has 0 amide bonds. The van der Waals surface area contributed by atoms with Crippen molar-refractivity contribution in [2.45, 2.75) is 16.8 Å². The third-order valence-electron chi connectivity index (χ3n) is 2.07. The lowest BCUT2D eigenvalue weighted by molar-refractivity contribution is 1.01. The summed E-state index contributed by atoms with van der Waals surface area (Å²) in [7, 11) is 1.82. The molecule has 0 aliphatic carbocycles. The second-order valence-corrected chi connectivity index (χ2v) is 5.49. The summed E-state index contributed by atoms with van der Waals surface area (Å²) in [6.07, 6.45) is 0. The van der Waals surface area contributed by atoms with Crippen molar-refractivity contribution < 1.29 is 0 Å². The van der Waals surface area contributed by atoms with E-state index in [-0.39, 0.29) is 0 Å². The molecule has 88 valence electrons. The van der Waals surface area contributed by atoms with Crippen molar-refractivity contribution in [1.82, 2.24) is 9.97 Å². The minimum absolute atomic E-state index is 0.655. The fourth-order valence-electron chi connectivity index (χ4n) is 1.35. The molecule has 0 aliphatic heterocycles. The molecule has 0 radical (unpaired) electrons. The number of hydrogen-bond donors (Lipinski definition) is 1. The fourth-order valence-corrected chi connectivity index (χ4v) is 2.84. The first kappa shape index (κ1) is 12.4. The predicted octanol–water partition coefficient (Wildman–Crippen LogP) is 3.74. The van der Waals surface area contributed by atoms with Crippen LogP contribution in [0.5, 0.6) is 0 Å². The lowest BCUT2D eigenvalue weighted by Crippen LogP contribution is -1.98. The lowest BCUT2D eigenvalue weighted by atomic mass is 10.4. The third-order valence-corrected chi connectivity index (χ3v) is 3.47. The molecule has 1 aromatic carbocycles. The third kappa shape index (κ3) is 3.44. The number of hydrogen-bond acceptors (Lipinski definition) is 4. The van der Waals surface area contributed by atoms with Gasteiger partial charge in [-0.3, -0.25) is 0 Å². The van der Waals surface area contributed by atoms with Gasteiger partial charge in [-0.25, -0.2) is 9.97 Å². The van der Waals surface area contributed by atoms with Crippen molar-refractivity contribution in [3.8, 4) is 0 Å². The molecule has 0 bridgehead atoms. The van der Waals surface area contributed by atoms with Crippen molar-refractivity contribution in [2.24, 2.45) is 0 Å². The molecule has 5 heteroatoms. The minimum Gasteiger partial charge on any atom is -0.357 e. The van der Waals surface area contributed by atoms with Gasteiger partial charge in [-0.2, -0.15) is 0 Å². The van der Waals surface area contributed by atoms with Gasteiger partial charge >= 0.3 is 0 Å². The number of anilines is 1.